The van der Waals surface area contributed by atoms with Crippen LogP contribution in [0.5, 0.6) is 0 Å². The Bertz CT molecular complexity index is 693. The molecule has 6 nitrogen and oxygen atoms in total. The van der Waals surface area contributed by atoms with Crippen LogP contribution < -0.4 is 10.5 Å². The molecule has 0 unspecified atom stereocenters. The van der Waals surface area contributed by atoms with Crippen molar-refractivity contribution in [3.63, 3.8) is 0 Å². The average molecular weight is 298 g/mol. The number of carbonyl (C=O) groups is 1. The van der Waals surface area contributed by atoms with Crippen LogP contribution in [0.4, 0.5) is 5.69 Å². The lowest BCUT2D eigenvalue weighted by Crippen LogP contribution is -2.54. The first-order valence-electron chi connectivity index (χ1n) is 7.31. The number of nitrogens with one attached hydrogen (secondary N) is 1. The monoisotopic (exact) mass is 298 g/mol. The number of piperazine rings is 1. The van der Waals surface area contributed by atoms with E-state index in [2.05, 4.69) is 27.0 Å². The van der Waals surface area contributed by atoms with Gasteiger partial charge in [-0.2, -0.15) is 0 Å². The molecular weight excluding hydrogens is 280 g/mol. The zero-order valence-electron chi connectivity index (χ0n) is 12.4. The first-order valence-corrected chi connectivity index (χ1v) is 7.31. The molecule has 1 aromatic carbocycles. The van der Waals surface area contributed by atoms with Crippen molar-refractivity contribution in [1.29, 1.82) is 0 Å². The van der Waals surface area contributed by atoms with Crippen molar-refractivity contribution in [3.8, 4) is 0 Å². The highest BCUT2D eigenvalue weighted by molar-refractivity contribution is 5.92. The van der Waals surface area contributed by atoms with Gasteiger partial charge in [-0.3, -0.25) is 9.59 Å². The molecule has 1 aromatic heterocycles. The summed E-state index contributed by atoms with van der Waals surface area (Å²) in [5, 5.41) is 0. The van der Waals surface area contributed by atoms with Crippen molar-refractivity contribution in [2.45, 2.75) is 13.0 Å². The van der Waals surface area contributed by atoms with Gasteiger partial charge in [0.05, 0.1) is 6.20 Å². The first-order chi connectivity index (χ1) is 10.6. The summed E-state index contributed by atoms with van der Waals surface area (Å²) >= 11 is 0. The van der Waals surface area contributed by atoms with Crippen LogP contribution >= 0.6 is 0 Å². The molecule has 114 valence electrons. The quantitative estimate of drug-likeness (QED) is 0.902. The molecule has 0 bridgehead atoms. The lowest BCUT2D eigenvalue weighted by Gasteiger charge is -2.40. The summed E-state index contributed by atoms with van der Waals surface area (Å²) < 4.78 is 0. The largest absolute Gasteiger partial charge is 0.368 e. The second-order valence-electron chi connectivity index (χ2n) is 5.43. The topological polar surface area (TPSA) is 69.3 Å². The van der Waals surface area contributed by atoms with Gasteiger partial charge >= 0.3 is 0 Å². The molecule has 1 aliphatic rings. The fourth-order valence-electron chi connectivity index (χ4n) is 2.74. The van der Waals surface area contributed by atoms with Crippen LogP contribution in [0, 0.1) is 0 Å². The van der Waals surface area contributed by atoms with Crippen LogP contribution in [0.25, 0.3) is 0 Å². The molecule has 2 heterocycles. The highest BCUT2D eigenvalue weighted by Gasteiger charge is 2.28. The number of benzene rings is 1. The van der Waals surface area contributed by atoms with Crippen LogP contribution in [-0.2, 0) is 0 Å². The Kier molecular flexibility index (Phi) is 3.91. The van der Waals surface area contributed by atoms with Gasteiger partial charge in [0.25, 0.3) is 11.5 Å². The van der Waals surface area contributed by atoms with E-state index < -0.39 is 0 Å². The summed E-state index contributed by atoms with van der Waals surface area (Å²) in [4.78, 5) is 34.0. The number of nitrogens with zero attached hydrogens (tertiary/aromatic N) is 3. The van der Waals surface area contributed by atoms with E-state index >= 15 is 0 Å². The molecular formula is C16H18N4O2. The molecule has 1 aliphatic heterocycles. The molecule has 0 radical (unpaired) electrons. The Morgan fingerprint density at radius 3 is 2.68 bits per heavy atom. The highest BCUT2D eigenvalue weighted by Crippen LogP contribution is 2.19. The molecule has 0 saturated carbocycles. The fourth-order valence-corrected chi connectivity index (χ4v) is 2.74. The number of amides is 1. The van der Waals surface area contributed by atoms with Crippen molar-refractivity contribution in [2.75, 3.05) is 24.5 Å². The van der Waals surface area contributed by atoms with E-state index in [-0.39, 0.29) is 23.2 Å². The number of H-pyrrole nitrogens is 1. The minimum atomic E-state index is -0.307. The Morgan fingerprint density at radius 1 is 1.27 bits per heavy atom. The number of carbonyl (C=O) groups excluding carboxylic acids is 1. The third kappa shape index (κ3) is 2.86. The number of hydrogen-bond acceptors (Lipinski definition) is 4. The van der Waals surface area contributed by atoms with Crippen LogP contribution in [0.3, 0.4) is 0 Å². The Labute approximate surface area is 128 Å². The zero-order valence-corrected chi connectivity index (χ0v) is 12.4. The van der Waals surface area contributed by atoms with E-state index in [1.54, 1.807) is 4.90 Å². The summed E-state index contributed by atoms with van der Waals surface area (Å²) in [6.45, 7) is 4.22. The number of rotatable bonds is 2. The number of aromatic nitrogens is 2. The standard InChI is InChI=1S/C16H18N4O2/c1-12-11-19(13-5-3-2-4-6-13)7-8-20(12)16(22)14-9-18-15(21)10-17-14/h2-6,9-10,12H,7-8,11H2,1H3,(H,18,21)/t12-/m0/s1. The maximum atomic E-state index is 12.5. The molecule has 1 fully saturated rings. The Morgan fingerprint density at radius 2 is 2.05 bits per heavy atom. The summed E-state index contributed by atoms with van der Waals surface area (Å²) in [6, 6.07) is 10.3. The van der Waals surface area contributed by atoms with Crippen molar-refractivity contribution < 1.29 is 4.79 Å². The second-order valence-corrected chi connectivity index (χ2v) is 5.43. The predicted octanol–water partition coefficient (Wildman–Crippen LogP) is 1.12. The minimum Gasteiger partial charge on any atom is -0.368 e. The number of para-hydroxylation sites is 1. The Hall–Kier alpha value is -2.63. The Balaban J connectivity index is 1.71. The molecule has 22 heavy (non-hydrogen) atoms. The van der Waals surface area contributed by atoms with Crippen LogP contribution in [0.15, 0.2) is 47.5 Å². The molecule has 0 spiro atoms. The summed E-state index contributed by atoms with van der Waals surface area (Å²) in [6.07, 6.45) is 2.51. The molecule has 2 aromatic rings. The maximum absolute atomic E-state index is 12.5. The van der Waals surface area contributed by atoms with Gasteiger partial charge < -0.3 is 14.8 Å². The van der Waals surface area contributed by atoms with Crippen LogP contribution in [0.2, 0.25) is 0 Å². The zero-order chi connectivity index (χ0) is 15.5. The molecule has 1 amide bonds. The SMILES string of the molecule is C[C@H]1CN(c2ccccc2)CCN1C(=O)c1c[nH]c(=O)cn1. The van der Waals surface area contributed by atoms with Crippen molar-refractivity contribution in [1.82, 2.24) is 14.9 Å². The number of aromatic amines is 1. The molecule has 6 heteroatoms. The molecule has 1 N–H and O–H groups in total. The van der Waals surface area contributed by atoms with Gasteiger partial charge in [-0.05, 0) is 19.1 Å². The van der Waals surface area contributed by atoms with E-state index in [9.17, 15) is 9.59 Å². The first kappa shape index (κ1) is 14.3. The smallest absolute Gasteiger partial charge is 0.274 e. The van der Waals surface area contributed by atoms with Gasteiger partial charge in [-0.25, -0.2) is 4.98 Å². The normalized spacial score (nSPS) is 18.3. The number of anilines is 1. The summed E-state index contributed by atoms with van der Waals surface area (Å²) in [5.74, 6) is -0.142. The van der Waals surface area contributed by atoms with Gasteiger partial charge in [0, 0.05) is 37.6 Å². The van der Waals surface area contributed by atoms with Crippen molar-refractivity contribution in [3.05, 3.63) is 58.8 Å². The third-order valence-corrected chi connectivity index (χ3v) is 3.90. The average Bonchev–Trinajstić information content (AvgIpc) is 2.56. The molecule has 1 saturated heterocycles. The maximum Gasteiger partial charge on any atom is 0.274 e. The molecule has 0 aliphatic carbocycles. The predicted molar refractivity (Wildman–Crippen MR) is 84.0 cm³/mol. The van der Waals surface area contributed by atoms with E-state index in [4.69, 9.17) is 0 Å². The highest BCUT2D eigenvalue weighted by atomic mass is 16.2. The van der Waals surface area contributed by atoms with Crippen molar-refractivity contribution >= 4 is 11.6 Å². The van der Waals surface area contributed by atoms with E-state index in [0.29, 0.717) is 6.54 Å². The third-order valence-electron chi connectivity index (χ3n) is 3.90. The van der Waals surface area contributed by atoms with Gasteiger partial charge in [-0.15, -0.1) is 0 Å². The molecule has 3 rings (SSSR count). The summed E-state index contributed by atoms with van der Waals surface area (Å²) in [7, 11) is 0. The van der Waals surface area contributed by atoms with Crippen LogP contribution in [-0.4, -0.2) is 46.5 Å². The lowest BCUT2D eigenvalue weighted by molar-refractivity contribution is 0.0667. The van der Waals surface area contributed by atoms with Gasteiger partial charge in [0.2, 0.25) is 0 Å². The fraction of sp³-hybridized carbons (Fsp3) is 0.312. The van der Waals surface area contributed by atoms with Gasteiger partial charge in [0.1, 0.15) is 5.69 Å². The molecule has 1 atom stereocenters. The number of hydrogen-bond donors (Lipinski definition) is 1. The van der Waals surface area contributed by atoms with Crippen molar-refractivity contribution in [2.24, 2.45) is 0 Å². The van der Waals surface area contributed by atoms with Crippen LogP contribution in [0.1, 0.15) is 17.4 Å². The minimum absolute atomic E-state index is 0.0789. The van der Waals surface area contributed by atoms with E-state index in [1.165, 1.54) is 11.9 Å². The summed E-state index contributed by atoms with van der Waals surface area (Å²) in [5.41, 5.74) is 1.14. The lowest BCUT2D eigenvalue weighted by atomic mass is 10.1. The van der Waals surface area contributed by atoms with Gasteiger partial charge in [0.15, 0.2) is 0 Å². The van der Waals surface area contributed by atoms with E-state index in [0.717, 1.165) is 19.3 Å². The second kappa shape index (κ2) is 6.01. The van der Waals surface area contributed by atoms with Gasteiger partial charge in [-0.1, -0.05) is 18.2 Å². The van der Waals surface area contributed by atoms with E-state index in [1.807, 2.05) is 25.1 Å².